The molecule has 5 nitrogen and oxygen atoms in total. The zero-order valence-corrected chi connectivity index (χ0v) is 11.8. The Balaban J connectivity index is 1.66. The quantitative estimate of drug-likeness (QED) is 0.822. The highest BCUT2D eigenvalue weighted by molar-refractivity contribution is 5.76. The minimum absolute atomic E-state index is 0.0360. The summed E-state index contributed by atoms with van der Waals surface area (Å²) >= 11 is 0. The van der Waals surface area contributed by atoms with E-state index in [0.29, 0.717) is 39.0 Å². The molecule has 1 saturated heterocycles. The molecule has 0 radical (unpaired) electrons. The van der Waals surface area contributed by atoms with Crippen LogP contribution in [0.4, 0.5) is 0 Å². The summed E-state index contributed by atoms with van der Waals surface area (Å²) in [7, 11) is 1.64. The van der Waals surface area contributed by atoms with Crippen LogP contribution in [0.2, 0.25) is 0 Å². The number of hydrogen-bond acceptors (Lipinski definition) is 4. The van der Waals surface area contributed by atoms with Gasteiger partial charge in [0.2, 0.25) is 5.91 Å². The van der Waals surface area contributed by atoms with Crippen molar-refractivity contribution in [2.24, 2.45) is 0 Å². The molecule has 0 spiro atoms. The standard InChI is InChI=1S/C15H21NO4/c1-18-13-5-3-2-4-12(13)6-7-14(17)16-9-8-15-19-10-11-20-15/h2-5,15H,6-11H2,1H3,(H,16,17). The summed E-state index contributed by atoms with van der Waals surface area (Å²) in [6.07, 6.45) is 1.66. The molecule has 0 aromatic heterocycles. The van der Waals surface area contributed by atoms with Crippen molar-refractivity contribution in [3.8, 4) is 5.75 Å². The fourth-order valence-corrected chi connectivity index (χ4v) is 2.15. The lowest BCUT2D eigenvalue weighted by Gasteiger charge is -2.10. The van der Waals surface area contributed by atoms with Crippen LogP contribution in [0.5, 0.6) is 5.75 Å². The highest BCUT2D eigenvalue weighted by Crippen LogP contribution is 2.18. The number of methoxy groups -OCH3 is 1. The minimum Gasteiger partial charge on any atom is -0.496 e. The van der Waals surface area contributed by atoms with Gasteiger partial charge in [-0.3, -0.25) is 4.79 Å². The molecule has 1 N–H and O–H groups in total. The number of carbonyl (C=O) groups is 1. The summed E-state index contributed by atoms with van der Waals surface area (Å²) in [5.74, 6) is 0.863. The smallest absolute Gasteiger partial charge is 0.220 e. The van der Waals surface area contributed by atoms with Gasteiger partial charge in [0.1, 0.15) is 5.75 Å². The van der Waals surface area contributed by atoms with Crippen LogP contribution in [0.15, 0.2) is 24.3 Å². The van der Waals surface area contributed by atoms with Gasteiger partial charge in [-0.15, -0.1) is 0 Å². The minimum atomic E-state index is -0.162. The second-order valence-electron chi connectivity index (χ2n) is 4.62. The third-order valence-corrected chi connectivity index (χ3v) is 3.21. The van der Waals surface area contributed by atoms with Crippen molar-refractivity contribution < 1.29 is 19.0 Å². The fraction of sp³-hybridized carbons (Fsp3) is 0.533. The van der Waals surface area contributed by atoms with Crippen molar-refractivity contribution in [1.82, 2.24) is 5.32 Å². The lowest BCUT2D eigenvalue weighted by molar-refractivity contribution is -0.121. The van der Waals surface area contributed by atoms with E-state index in [2.05, 4.69) is 5.32 Å². The van der Waals surface area contributed by atoms with Crippen LogP contribution in [-0.2, 0) is 20.7 Å². The third kappa shape index (κ3) is 4.51. The number of benzene rings is 1. The van der Waals surface area contributed by atoms with Gasteiger partial charge in [0.05, 0.1) is 20.3 Å². The number of rotatable bonds is 7. The molecule has 1 aliphatic heterocycles. The van der Waals surface area contributed by atoms with Crippen LogP contribution >= 0.6 is 0 Å². The van der Waals surface area contributed by atoms with Gasteiger partial charge in [-0.25, -0.2) is 0 Å². The van der Waals surface area contributed by atoms with Gasteiger partial charge < -0.3 is 19.5 Å². The molecule has 0 bridgehead atoms. The molecule has 2 rings (SSSR count). The van der Waals surface area contributed by atoms with Crippen LogP contribution in [0.1, 0.15) is 18.4 Å². The molecule has 0 atom stereocenters. The van der Waals surface area contributed by atoms with Gasteiger partial charge in [-0.05, 0) is 18.1 Å². The van der Waals surface area contributed by atoms with E-state index >= 15 is 0 Å². The number of carbonyl (C=O) groups excluding carboxylic acids is 1. The maximum Gasteiger partial charge on any atom is 0.220 e. The summed E-state index contributed by atoms with van der Waals surface area (Å²) in [6, 6.07) is 7.75. The number of hydrogen-bond donors (Lipinski definition) is 1. The molecule has 110 valence electrons. The van der Waals surface area contributed by atoms with E-state index in [0.717, 1.165) is 11.3 Å². The summed E-state index contributed by atoms with van der Waals surface area (Å²) < 4.78 is 15.9. The number of amides is 1. The zero-order valence-electron chi connectivity index (χ0n) is 11.8. The molecule has 0 saturated carbocycles. The van der Waals surface area contributed by atoms with Crippen LogP contribution in [-0.4, -0.2) is 39.1 Å². The number of aryl methyl sites for hydroxylation is 1. The van der Waals surface area contributed by atoms with Crippen LogP contribution in [0.25, 0.3) is 0 Å². The Labute approximate surface area is 119 Å². The first-order valence-electron chi connectivity index (χ1n) is 6.91. The first-order valence-corrected chi connectivity index (χ1v) is 6.91. The fourth-order valence-electron chi connectivity index (χ4n) is 2.15. The Bertz CT molecular complexity index is 430. The molecular weight excluding hydrogens is 258 g/mol. The van der Waals surface area contributed by atoms with Crippen molar-refractivity contribution in [2.45, 2.75) is 25.6 Å². The topological polar surface area (TPSA) is 56.8 Å². The molecule has 0 unspecified atom stereocenters. The highest BCUT2D eigenvalue weighted by atomic mass is 16.7. The van der Waals surface area contributed by atoms with Gasteiger partial charge in [0.25, 0.3) is 0 Å². The van der Waals surface area contributed by atoms with Crippen molar-refractivity contribution in [2.75, 3.05) is 26.9 Å². The number of ether oxygens (including phenoxy) is 3. The van der Waals surface area contributed by atoms with Crippen molar-refractivity contribution in [3.63, 3.8) is 0 Å². The average Bonchev–Trinajstić information content (AvgIpc) is 2.98. The van der Waals surface area contributed by atoms with E-state index in [4.69, 9.17) is 14.2 Å². The van der Waals surface area contributed by atoms with E-state index in [-0.39, 0.29) is 12.2 Å². The molecule has 1 amide bonds. The lowest BCUT2D eigenvalue weighted by Crippen LogP contribution is -2.27. The van der Waals surface area contributed by atoms with Gasteiger partial charge in [-0.1, -0.05) is 18.2 Å². The molecule has 1 aromatic rings. The second-order valence-corrected chi connectivity index (χ2v) is 4.62. The third-order valence-electron chi connectivity index (χ3n) is 3.21. The first kappa shape index (κ1) is 14.8. The van der Waals surface area contributed by atoms with E-state index in [1.165, 1.54) is 0 Å². The zero-order chi connectivity index (χ0) is 14.2. The Morgan fingerprint density at radius 3 is 2.85 bits per heavy atom. The van der Waals surface area contributed by atoms with E-state index in [9.17, 15) is 4.79 Å². The molecule has 5 heteroatoms. The summed E-state index contributed by atoms with van der Waals surface area (Å²) in [6.45, 7) is 1.87. The highest BCUT2D eigenvalue weighted by Gasteiger charge is 2.15. The average molecular weight is 279 g/mol. The molecule has 1 aromatic carbocycles. The lowest BCUT2D eigenvalue weighted by atomic mass is 10.1. The second kappa shape index (κ2) is 7.87. The summed E-state index contributed by atoms with van der Waals surface area (Å²) in [5.41, 5.74) is 1.05. The Morgan fingerprint density at radius 1 is 1.35 bits per heavy atom. The van der Waals surface area contributed by atoms with Crippen molar-refractivity contribution >= 4 is 5.91 Å². The van der Waals surface area contributed by atoms with Gasteiger partial charge >= 0.3 is 0 Å². The predicted octanol–water partition coefficient (Wildman–Crippen LogP) is 1.51. The molecule has 1 aliphatic rings. The SMILES string of the molecule is COc1ccccc1CCC(=O)NCCC1OCCO1. The van der Waals surface area contributed by atoms with E-state index in [1.54, 1.807) is 7.11 Å². The molecule has 1 fully saturated rings. The largest absolute Gasteiger partial charge is 0.496 e. The molecule has 1 heterocycles. The Morgan fingerprint density at radius 2 is 2.10 bits per heavy atom. The van der Waals surface area contributed by atoms with Gasteiger partial charge in [-0.2, -0.15) is 0 Å². The van der Waals surface area contributed by atoms with Gasteiger partial charge in [0.15, 0.2) is 6.29 Å². The summed E-state index contributed by atoms with van der Waals surface area (Å²) in [4.78, 5) is 11.8. The van der Waals surface area contributed by atoms with Crippen LogP contribution < -0.4 is 10.1 Å². The van der Waals surface area contributed by atoms with E-state index in [1.807, 2.05) is 24.3 Å². The van der Waals surface area contributed by atoms with E-state index < -0.39 is 0 Å². The van der Waals surface area contributed by atoms with Crippen LogP contribution in [0, 0.1) is 0 Å². The predicted molar refractivity (Wildman–Crippen MR) is 74.6 cm³/mol. The molecule has 20 heavy (non-hydrogen) atoms. The first-order chi connectivity index (χ1) is 9.79. The Kier molecular flexibility index (Phi) is 5.83. The van der Waals surface area contributed by atoms with Crippen molar-refractivity contribution in [3.05, 3.63) is 29.8 Å². The maximum atomic E-state index is 11.8. The normalized spacial score (nSPS) is 15.2. The number of nitrogens with one attached hydrogen (secondary N) is 1. The monoisotopic (exact) mass is 279 g/mol. The van der Waals surface area contributed by atoms with Crippen LogP contribution in [0.3, 0.4) is 0 Å². The Hall–Kier alpha value is -1.59. The maximum absolute atomic E-state index is 11.8. The van der Waals surface area contributed by atoms with Gasteiger partial charge in [0, 0.05) is 19.4 Å². The van der Waals surface area contributed by atoms with Crippen molar-refractivity contribution in [1.29, 1.82) is 0 Å². The molecule has 0 aliphatic carbocycles. The number of para-hydroxylation sites is 1. The molecular formula is C15H21NO4. The summed E-state index contributed by atoms with van der Waals surface area (Å²) in [5, 5.41) is 2.88.